The maximum atomic E-state index is 8.65. The maximum Gasteiger partial charge on any atom is 0.157 e. The van der Waals surface area contributed by atoms with Crippen LogP contribution in [0.15, 0.2) is 0 Å². The van der Waals surface area contributed by atoms with Crippen molar-refractivity contribution in [3.63, 3.8) is 0 Å². The van der Waals surface area contributed by atoms with Gasteiger partial charge in [0.2, 0.25) is 0 Å². The molecule has 10 heavy (non-hydrogen) atoms. The summed E-state index contributed by atoms with van der Waals surface area (Å²) in [5.74, 6) is 0. The van der Waals surface area contributed by atoms with Gasteiger partial charge in [0.15, 0.2) is 12.6 Å². The number of aliphatic hydroxyl groups excluding tert-OH is 1. The fraction of sp³-hybridized carbons (Fsp3) is 1.00. The summed E-state index contributed by atoms with van der Waals surface area (Å²) >= 11 is 0. The van der Waals surface area contributed by atoms with Crippen LogP contribution in [0.2, 0.25) is 0 Å². The van der Waals surface area contributed by atoms with Crippen molar-refractivity contribution in [1.82, 2.24) is 0 Å². The van der Waals surface area contributed by atoms with E-state index in [9.17, 15) is 0 Å². The van der Waals surface area contributed by atoms with Gasteiger partial charge in [0.1, 0.15) is 0 Å². The molecule has 0 saturated carbocycles. The molecule has 0 heterocycles. The zero-order valence-electron chi connectivity index (χ0n) is 6.63. The Balaban J connectivity index is 0. The van der Waals surface area contributed by atoms with Crippen molar-refractivity contribution in [2.75, 3.05) is 6.61 Å². The molecule has 0 aromatic heterocycles. The van der Waals surface area contributed by atoms with E-state index in [1.54, 1.807) is 13.8 Å². The summed E-state index contributed by atoms with van der Waals surface area (Å²) in [6, 6.07) is 0. The van der Waals surface area contributed by atoms with E-state index in [2.05, 4.69) is 0 Å². The Kier molecular flexibility index (Phi) is 10.2. The third-order valence-corrected chi connectivity index (χ3v) is 0.790. The molecule has 0 rings (SSSR count). The normalized spacial score (nSPS) is 15.6. The van der Waals surface area contributed by atoms with Crippen molar-refractivity contribution in [1.29, 1.82) is 0 Å². The van der Waals surface area contributed by atoms with Crippen LogP contribution in [-0.4, -0.2) is 24.3 Å². The molecule has 0 aliphatic carbocycles. The van der Waals surface area contributed by atoms with E-state index in [0.29, 0.717) is 6.61 Å². The van der Waals surface area contributed by atoms with Crippen LogP contribution >= 0.6 is 0 Å². The molecule has 0 spiro atoms. The monoisotopic (exact) mass is 182 g/mol. The molecule has 0 aromatic rings. The summed E-state index contributed by atoms with van der Waals surface area (Å²) in [5.41, 5.74) is 0. The van der Waals surface area contributed by atoms with Crippen LogP contribution in [0.4, 0.5) is 0 Å². The Bertz CT molecular complexity index is 68.0. The summed E-state index contributed by atoms with van der Waals surface area (Å²) in [4.78, 5) is 0. The molecular weight excluding hydrogens is 168 g/mol. The first-order valence-electron chi connectivity index (χ1n) is 3.12. The third-order valence-electron chi connectivity index (χ3n) is 0.790. The SMILES string of the molecule is CCOC(C)OC(C)O.[Ti]. The second-order valence-electron chi connectivity index (χ2n) is 1.76. The van der Waals surface area contributed by atoms with Crippen molar-refractivity contribution < 1.29 is 36.3 Å². The molecule has 0 aliphatic heterocycles. The van der Waals surface area contributed by atoms with Gasteiger partial charge in [-0.05, 0) is 20.8 Å². The Hall–Kier alpha value is 0.594. The molecule has 2 unspecified atom stereocenters. The van der Waals surface area contributed by atoms with Crippen LogP contribution in [0.25, 0.3) is 0 Å². The quantitative estimate of drug-likeness (QED) is 0.514. The van der Waals surface area contributed by atoms with Gasteiger partial charge in [-0.1, -0.05) is 0 Å². The Labute approximate surface area is 76.6 Å². The average molecular weight is 182 g/mol. The molecule has 60 valence electrons. The van der Waals surface area contributed by atoms with Crippen LogP contribution in [0.1, 0.15) is 20.8 Å². The Morgan fingerprint density at radius 2 is 1.90 bits per heavy atom. The fourth-order valence-electron chi connectivity index (χ4n) is 0.551. The van der Waals surface area contributed by atoms with Gasteiger partial charge in [0.05, 0.1) is 0 Å². The largest absolute Gasteiger partial charge is 0.368 e. The van der Waals surface area contributed by atoms with E-state index in [1.807, 2.05) is 6.92 Å². The predicted molar refractivity (Wildman–Crippen MR) is 33.9 cm³/mol. The summed E-state index contributed by atoms with van der Waals surface area (Å²) in [6.45, 7) is 5.78. The number of ether oxygens (including phenoxy) is 2. The second-order valence-corrected chi connectivity index (χ2v) is 1.76. The summed E-state index contributed by atoms with van der Waals surface area (Å²) in [6.07, 6.45) is -1.05. The van der Waals surface area contributed by atoms with E-state index in [-0.39, 0.29) is 28.0 Å². The van der Waals surface area contributed by atoms with Crippen LogP contribution < -0.4 is 0 Å². The van der Waals surface area contributed by atoms with Gasteiger partial charge in [-0.3, -0.25) is 0 Å². The summed E-state index contributed by atoms with van der Waals surface area (Å²) in [5, 5.41) is 8.65. The molecule has 0 radical (unpaired) electrons. The van der Waals surface area contributed by atoms with Crippen LogP contribution in [0, 0.1) is 0 Å². The third kappa shape index (κ3) is 8.59. The number of rotatable bonds is 4. The molecule has 0 fully saturated rings. The van der Waals surface area contributed by atoms with Gasteiger partial charge >= 0.3 is 0 Å². The fourth-order valence-corrected chi connectivity index (χ4v) is 0.551. The summed E-state index contributed by atoms with van der Waals surface area (Å²) in [7, 11) is 0. The minimum absolute atomic E-state index is 0. The number of hydrogen-bond donors (Lipinski definition) is 1. The number of hydrogen-bond acceptors (Lipinski definition) is 3. The minimum Gasteiger partial charge on any atom is -0.368 e. The molecule has 0 bridgehead atoms. The first-order chi connectivity index (χ1) is 4.16. The van der Waals surface area contributed by atoms with Gasteiger partial charge in [0.25, 0.3) is 0 Å². The van der Waals surface area contributed by atoms with Crippen molar-refractivity contribution in [3.8, 4) is 0 Å². The van der Waals surface area contributed by atoms with Crippen LogP contribution in [0.3, 0.4) is 0 Å². The van der Waals surface area contributed by atoms with Crippen LogP contribution in [-0.2, 0) is 31.2 Å². The molecular formula is C6H14O3Ti. The molecule has 0 saturated heterocycles. The van der Waals surface area contributed by atoms with Crippen molar-refractivity contribution in [2.24, 2.45) is 0 Å². The van der Waals surface area contributed by atoms with E-state index in [1.165, 1.54) is 0 Å². The predicted octanol–water partition coefficient (Wildman–Crippen LogP) is 0.721. The smallest absolute Gasteiger partial charge is 0.157 e. The van der Waals surface area contributed by atoms with Crippen molar-refractivity contribution in [3.05, 3.63) is 0 Å². The Morgan fingerprint density at radius 1 is 1.40 bits per heavy atom. The molecule has 4 heteroatoms. The first kappa shape index (κ1) is 13.2. The van der Waals surface area contributed by atoms with Gasteiger partial charge in [-0.15, -0.1) is 0 Å². The van der Waals surface area contributed by atoms with Gasteiger partial charge in [-0.25, -0.2) is 0 Å². The average Bonchev–Trinajstić information content (AvgIpc) is 1.63. The van der Waals surface area contributed by atoms with Crippen molar-refractivity contribution >= 4 is 0 Å². The van der Waals surface area contributed by atoms with Crippen LogP contribution in [0.5, 0.6) is 0 Å². The molecule has 0 aliphatic rings. The second kappa shape index (κ2) is 7.70. The Morgan fingerprint density at radius 3 is 2.20 bits per heavy atom. The zero-order chi connectivity index (χ0) is 7.28. The topological polar surface area (TPSA) is 38.7 Å². The minimum atomic E-state index is -0.744. The molecule has 0 amide bonds. The standard InChI is InChI=1S/C6H14O3.Ti/c1-4-8-6(3)9-5(2)7;/h5-7H,4H2,1-3H3;. The molecule has 3 nitrogen and oxygen atoms in total. The van der Waals surface area contributed by atoms with Gasteiger partial charge in [0, 0.05) is 28.3 Å². The molecule has 1 N–H and O–H groups in total. The maximum absolute atomic E-state index is 8.65. The molecule has 0 aromatic carbocycles. The van der Waals surface area contributed by atoms with Gasteiger partial charge in [-0.2, -0.15) is 0 Å². The van der Waals surface area contributed by atoms with Crippen molar-refractivity contribution in [2.45, 2.75) is 33.4 Å². The molecule has 2 atom stereocenters. The van der Waals surface area contributed by atoms with E-state index in [0.717, 1.165) is 0 Å². The first-order valence-corrected chi connectivity index (χ1v) is 3.12. The summed E-state index contributed by atoms with van der Waals surface area (Å²) < 4.78 is 9.79. The van der Waals surface area contributed by atoms with E-state index >= 15 is 0 Å². The number of aliphatic hydroxyl groups is 1. The van der Waals surface area contributed by atoms with Gasteiger partial charge < -0.3 is 14.6 Å². The van der Waals surface area contributed by atoms with E-state index in [4.69, 9.17) is 14.6 Å². The zero-order valence-corrected chi connectivity index (χ0v) is 8.19. The van der Waals surface area contributed by atoms with E-state index < -0.39 is 6.29 Å².